The van der Waals surface area contributed by atoms with Gasteiger partial charge in [-0.25, -0.2) is 9.97 Å². The minimum atomic E-state index is -0.153. The Morgan fingerprint density at radius 1 is 1.18 bits per heavy atom. The highest BCUT2D eigenvalue weighted by Gasteiger charge is 2.32. The average Bonchev–Trinajstić information content (AvgIpc) is 3.03. The molecule has 1 atom stereocenters. The molecule has 1 aromatic heterocycles. The Kier molecular flexibility index (Phi) is 4.50. The second-order valence-corrected chi connectivity index (χ2v) is 6.86. The SMILES string of the molecule is Cc1cc(C(=O)N2c3ccccc3CC2C)nc(Nc2ccccc2C#N)n1. The van der Waals surface area contributed by atoms with E-state index in [2.05, 4.69) is 27.4 Å². The van der Waals surface area contributed by atoms with E-state index in [4.69, 9.17) is 0 Å². The zero-order valence-electron chi connectivity index (χ0n) is 15.7. The lowest BCUT2D eigenvalue weighted by atomic mass is 10.1. The smallest absolute Gasteiger partial charge is 0.277 e. The van der Waals surface area contributed by atoms with Gasteiger partial charge in [0.1, 0.15) is 11.8 Å². The lowest BCUT2D eigenvalue weighted by Crippen LogP contribution is -2.36. The van der Waals surface area contributed by atoms with Crippen LogP contribution in [0.2, 0.25) is 0 Å². The van der Waals surface area contributed by atoms with Crippen molar-refractivity contribution >= 4 is 23.2 Å². The highest BCUT2D eigenvalue weighted by Crippen LogP contribution is 2.33. The second kappa shape index (κ2) is 7.12. The van der Waals surface area contributed by atoms with E-state index in [0.29, 0.717) is 28.6 Å². The van der Waals surface area contributed by atoms with Crippen molar-refractivity contribution in [3.05, 3.63) is 77.1 Å². The van der Waals surface area contributed by atoms with Crippen molar-refractivity contribution in [2.75, 3.05) is 10.2 Å². The zero-order chi connectivity index (χ0) is 19.7. The molecular formula is C22H19N5O. The summed E-state index contributed by atoms with van der Waals surface area (Å²) in [5, 5.41) is 12.3. The van der Waals surface area contributed by atoms with Crippen LogP contribution in [0.3, 0.4) is 0 Å². The van der Waals surface area contributed by atoms with Gasteiger partial charge in [-0.05, 0) is 50.1 Å². The summed E-state index contributed by atoms with van der Waals surface area (Å²) < 4.78 is 0. The molecule has 1 aliphatic rings. The van der Waals surface area contributed by atoms with Gasteiger partial charge >= 0.3 is 0 Å². The zero-order valence-corrected chi connectivity index (χ0v) is 15.7. The molecule has 1 N–H and O–H groups in total. The highest BCUT2D eigenvalue weighted by atomic mass is 16.2. The van der Waals surface area contributed by atoms with Crippen LogP contribution in [0.15, 0.2) is 54.6 Å². The molecule has 28 heavy (non-hydrogen) atoms. The van der Waals surface area contributed by atoms with Crippen molar-refractivity contribution in [2.24, 2.45) is 0 Å². The van der Waals surface area contributed by atoms with Gasteiger partial charge in [-0.1, -0.05) is 30.3 Å². The Morgan fingerprint density at radius 2 is 1.93 bits per heavy atom. The molecule has 2 heterocycles. The minimum absolute atomic E-state index is 0.0656. The first-order valence-electron chi connectivity index (χ1n) is 9.10. The predicted octanol–water partition coefficient (Wildman–Crippen LogP) is 3.99. The third-order valence-corrected chi connectivity index (χ3v) is 4.79. The minimum Gasteiger partial charge on any atom is -0.323 e. The van der Waals surface area contributed by atoms with Gasteiger partial charge in [0.2, 0.25) is 5.95 Å². The lowest BCUT2D eigenvalue weighted by Gasteiger charge is -2.22. The van der Waals surface area contributed by atoms with Gasteiger partial charge in [0.15, 0.2) is 0 Å². The van der Waals surface area contributed by atoms with E-state index >= 15 is 0 Å². The number of nitrogens with zero attached hydrogens (tertiary/aromatic N) is 4. The highest BCUT2D eigenvalue weighted by molar-refractivity contribution is 6.06. The number of rotatable bonds is 3. The van der Waals surface area contributed by atoms with E-state index in [1.165, 1.54) is 0 Å². The number of amides is 1. The number of nitrogens with one attached hydrogen (secondary N) is 1. The topological polar surface area (TPSA) is 81.9 Å². The number of hydrogen-bond acceptors (Lipinski definition) is 5. The Balaban J connectivity index is 1.68. The molecule has 2 aromatic carbocycles. The number of benzene rings is 2. The number of nitriles is 1. The van der Waals surface area contributed by atoms with Crippen LogP contribution < -0.4 is 10.2 Å². The molecule has 0 spiro atoms. The van der Waals surface area contributed by atoms with E-state index in [0.717, 1.165) is 17.7 Å². The van der Waals surface area contributed by atoms with E-state index in [1.54, 1.807) is 29.2 Å². The summed E-state index contributed by atoms with van der Waals surface area (Å²) in [6.07, 6.45) is 0.826. The van der Waals surface area contributed by atoms with Gasteiger partial charge in [-0.15, -0.1) is 0 Å². The molecule has 0 radical (unpaired) electrons. The number of aromatic nitrogens is 2. The molecule has 1 amide bonds. The molecule has 6 heteroatoms. The normalized spacial score (nSPS) is 15.0. The Labute approximate surface area is 163 Å². The number of hydrogen-bond donors (Lipinski definition) is 1. The monoisotopic (exact) mass is 369 g/mol. The molecule has 0 saturated carbocycles. The van der Waals surface area contributed by atoms with Crippen molar-refractivity contribution in [3.63, 3.8) is 0 Å². The Bertz CT molecular complexity index is 1100. The molecule has 4 rings (SSSR count). The summed E-state index contributed by atoms with van der Waals surface area (Å²) in [5.41, 5.74) is 4.19. The van der Waals surface area contributed by atoms with Crippen LogP contribution in [0.1, 0.15) is 34.2 Å². The van der Waals surface area contributed by atoms with E-state index in [-0.39, 0.29) is 11.9 Å². The van der Waals surface area contributed by atoms with Crippen LogP contribution in [0.25, 0.3) is 0 Å². The van der Waals surface area contributed by atoms with Crippen molar-refractivity contribution in [3.8, 4) is 6.07 Å². The average molecular weight is 369 g/mol. The number of para-hydroxylation sites is 2. The fourth-order valence-electron chi connectivity index (χ4n) is 3.54. The summed E-state index contributed by atoms with van der Waals surface area (Å²) in [5.74, 6) is 0.144. The summed E-state index contributed by atoms with van der Waals surface area (Å²) in [4.78, 5) is 23.9. The van der Waals surface area contributed by atoms with Gasteiger partial charge < -0.3 is 10.2 Å². The number of carbonyl (C=O) groups is 1. The van der Waals surface area contributed by atoms with Crippen LogP contribution in [0.5, 0.6) is 0 Å². The maximum atomic E-state index is 13.3. The standard InChI is InChI=1S/C22H19N5O/c1-14-11-19(21(28)27-15(2)12-16-7-4-6-10-20(16)27)26-22(24-14)25-18-9-5-3-8-17(18)13-23/h3-11,15H,12H2,1-2H3,(H,24,25,26). The summed E-state index contributed by atoms with van der Waals surface area (Å²) in [6.45, 7) is 3.86. The van der Waals surface area contributed by atoms with Crippen LogP contribution in [-0.4, -0.2) is 21.9 Å². The molecule has 6 nitrogen and oxygen atoms in total. The molecule has 3 aromatic rings. The van der Waals surface area contributed by atoms with Gasteiger partial charge in [0, 0.05) is 17.4 Å². The van der Waals surface area contributed by atoms with Crippen LogP contribution in [-0.2, 0) is 6.42 Å². The molecule has 1 aliphatic heterocycles. The number of carbonyl (C=O) groups excluding carboxylic acids is 1. The number of anilines is 3. The molecular weight excluding hydrogens is 350 g/mol. The molecule has 138 valence electrons. The first-order chi connectivity index (χ1) is 13.6. The Hall–Kier alpha value is -3.72. The number of fused-ring (bicyclic) bond motifs is 1. The van der Waals surface area contributed by atoms with Gasteiger partial charge in [-0.3, -0.25) is 4.79 Å². The molecule has 0 fully saturated rings. The third kappa shape index (κ3) is 3.19. The fourth-order valence-corrected chi connectivity index (χ4v) is 3.54. The maximum absolute atomic E-state index is 13.3. The summed E-state index contributed by atoms with van der Waals surface area (Å²) >= 11 is 0. The van der Waals surface area contributed by atoms with Crippen molar-refractivity contribution in [1.82, 2.24) is 9.97 Å². The largest absolute Gasteiger partial charge is 0.323 e. The third-order valence-electron chi connectivity index (χ3n) is 4.79. The molecule has 0 bridgehead atoms. The van der Waals surface area contributed by atoms with E-state index in [1.807, 2.05) is 38.1 Å². The lowest BCUT2D eigenvalue weighted by molar-refractivity contribution is 0.0976. The molecule has 0 aliphatic carbocycles. The molecule has 0 saturated heterocycles. The van der Waals surface area contributed by atoms with Crippen LogP contribution >= 0.6 is 0 Å². The second-order valence-electron chi connectivity index (χ2n) is 6.86. The van der Waals surface area contributed by atoms with Crippen LogP contribution in [0, 0.1) is 18.3 Å². The molecule has 1 unspecified atom stereocenters. The number of aryl methyl sites for hydroxylation is 1. The van der Waals surface area contributed by atoms with Gasteiger partial charge in [0.05, 0.1) is 11.3 Å². The summed E-state index contributed by atoms with van der Waals surface area (Å²) in [7, 11) is 0. The van der Waals surface area contributed by atoms with E-state index < -0.39 is 0 Å². The predicted molar refractivity (Wildman–Crippen MR) is 108 cm³/mol. The van der Waals surface area contributed by atoms with Crippen molar-refractivity contribution in [1.29, 1.82) is 5.26 Å². The fraction of sp³-hybridized carbons (Fsp3) is 0.182. The summed E-state index contributed by atoms with van der Waals surface area (Å²) in [6, 6.07) is 19.0. The van der Waals surface area contributed by atoms with E-state index in [9.17, 15) is 10.1 Å². The maximum Gasteiger partial charge on any atom is 0.277 e. The first kappa shape index (κ1) is 17.7. The van der Waals surface area contributed by atoms with Gasteiger partial charge in [0.25, 0.3) is 5.91 Å². The van der Waals surface area contributed by atoms with Crippen LogP contribution in [0.4, 0.5) is 17.3 Å². The Morgan fingerprint density at radius 3 is 2.75 bits per heavy atom. The quantitative estimate of drug-likeness (QED) is 0.755. The first-order valence-corrected chi connectivity index (χ1v) is 9.10. The van der Waals surface area contributed by atoms with Crippen molar-refractivity contribution < 1.29 is 4.79 Å². The van der Waals surface area contributed by atoms with Crippen molar-refractivity contribution in [2.45, 2.75) is 26.3 Å². The van der Waals surface area contributed by atoms with Gasteiger partial charge in [-0.2, -0.15) is 5.26 Å².